The van der Waals surface area contributed by atoms with Crippen molar-refractivity contribution in [2.45, 2.75) is 19.6 Å². The highest BCUT2D eigenvalue weighted by Gasteiger charge is 2.40. The second-order valence-electron chi connectivity index (χ2n) is 12.4. The molecule has 0 saturated heterocycles. The van der Waals surface area contributed by atoms with Crippen molar-refractivity contribution in [3.8, 4) is 11.4 Å². The molecule has 0 N–H and O–H groups in total. The van der Waals surface area contributed by atoms with Crippen LogP contribution in [0.3, 0.4) is 0 Å². The van der Waals surface area contributed by atoms with Gasteiger partial charge in [-0.05, 0) is 66.1 Å². The van der Waals surface area contributed by atoms with Crippen LogP contribution in [-0.4, -0.2) is 15.8 Å². The molecular weight excluding hydrogens is 607 g/mol. The van der Waals surface area contributed by atoms with Crippen LogP contribution in [-0.2, 0) is 0 Å². The summed E-state index contributed by atoms with van der Waals surface area (Å²) in [7, 11) is 0. The van der Waals surface area contributed by atoms with Gasteiger partial charge in [-0.15, -0.1) is 0 Å². The van der Waals surface area contributed by atoms with Crippen LogP contribution in [0.15, 0.2) is 171 Å². The highest BCUT2D eigenvalue weighted by molar-refractivity contribution is 8.01. The summed E-state index contributed by atoms with van der Waals surface area (Å²) in [5.74, 6) is 0. The number of rotatable bonds is 2. The zero-order valence-electron chi connectivity index (χ0n) is 25.2. The van der Waals surface area contributed by atoms with E-state index in [1.54, 1.807) is 0 Å². The van der Waals surface area contributed by atoms with Crippen LogP contribution in [0, 0.1) is 0 Å². The van der Waals surface area contributed by atoms with Crippen LogP contribution in [0.1, 0.15) is 0 Å². The molecule has 0 radical (unpaired) electrons. The Hall–Kier alpha value is -5.10. The summed E-state index contributed by atoms with van der Waals surface area (Å²) in [5, 5.41) is 5.32. The number of benzene rings is 7. The summed E-state index contributed by atoms with van der Waals surface area (Å²) >= 11 is 3.91. The molecule has 11 rings (SSSR count). The van der Waals surface area contributed by atoms with E-state index >= 15 is 0 Å². The molecule has 2 aliphatic rings. The van der Waals surface area contributed by atoms with E-state index in [-0.39, 0.29) is 6.71 Å². The molecular formula is C42H25BN2S2. The van der Waals surface area contributed by atoms with Gasteiger partial charge in [-0.1, -0.05) is 125 Å². The summed E-state index contributed by atoms with van der Waals surface area (Å²) in [4.78, 5) is 5.50. The van der Waals surface area contributed by atoms with Gasteiger partial charge in [0.25, 0.3) is 0 Å². The second kappa shape index (κ2) is 9.71. The topological polar surface area (TPSA) is 9.86 Å². The van der Waals surface area contributed by atoms with Crippen molar-refractivity contribution in [2.24, 2.45) is 0 Å². The largest absolute Gasteiger partial charge is 0.309 e. The molecule has 0 atom stereocenters. The first kappa shape index (κ1) is 26.0. The first-order chi connectivity index (χ1) is 23.3. The molecule has 0 aliphatic carbocycles. The Kier molecular flexibility index (Phi) is 5.38. The molecule has 2 aliphatic heterocycles. The van der Waals surface area contributed by atoms with Gasteiger partial charge < -0.3 is 9.13 Å². The Labute approximate surface area is 280 Å². The highest BCUT2D eigenvalue weighted by Crippen LogP contribution is 2.46. The SMILES string of the molecule is c1ccc(-n2c3ccccc3c3c4c(ccc32)B2c3ccc5c(c3Sc3cccc(c32)S4)c2ccccc2n5-c2ccccc2)cc1. The summed E-state index contributed by atoms with van der Waals surface area (Å²) in [6.45, 7) is 0.167. The van der Waals surface area contributed by atoms with Crippen LogP contribution in [0.5, 0.6) is 0 Å². The predicted octanol–water partition coefficient (Wildman–Crippen LogP) is 9.33. The number of aromatic nitrogens is 2. The number of nitrogens with zero attached hydrogens (tertiary/aromatic N) is 2. The lowest BCUT2D eigenvalue weighted by atomic mass is 9.36. The fraction of sp³-hybridized carbons (Fsp3) is 0. The van der Waals surface area contributed by atoms with E-state index in [0.29, 0.717) is 0 Å². The fourth-order valence-corrected chi connectivity index (χ4v) is 10.9. The molecule has 0 bridgehead atoms. The Morgan fingerprint density at radius 3 is 1.32 bits per heavy atom. The van der Waals surface area contributed by atoms with Crippen LogP contribution >= 0.6 is 23.5 Å². The maximum absolute atomic E-state index is 2.43. The Bertz CT molecular complexity index is 2560. The van der Waals surface area contributed by atoms with Gasteiger partial charge in [-0.3, -0.25) is 0 Å². The Morgan fingerprint density at radius 2 is 0.830 bits per heavy atom. The first-order valence-corrected chi connectivity index (χ1v) is 17.7. The summed E-state index contributed by atoms with van der Waals surface area (Å²) < 4.78 is 4.87. The monoisotopic (exact) mass is 632 g/mol. The summed E-state index contributed by atoms with van der Waals surface area (Å²) in [6, 6.07) is 55.9. The normalized spacial score (nSPS) is 13.3. The van der Waals surface area contributed by atoms with Crippen LogP contribution < -0.4 is 16.4 Å². The minimum atomic E-state index is 0.167. The molecule has 2 aromatic heterocycles. The molecule has 47 heavy (non-hydrogen) atoms. The molecule has 218 valence electrons. The van der Waals surface area contributed by atoms with Gasteiger partial charge in [0.1, 0.15) is 0 Å². The third kappa shape index (κ3) is 3.51. The van der Waals surface area contributed by atoms with E-state index in [0.717, 1.165) is 0 Å². The zero-order valence-corrected chi connectivity index (χ0v) is 26.9. The van der Waals surface area contributed by atoms with Gasteiger partial charge in [0.15, 0.2) is 0 Å². The number of hydrogen-bond acceptors (Lipinski definition) is 2. The Balaban J connectivity index is 1.23. The average molecular weight is 633 g/mol. The number of fused-ring (bicyclic) bond motifs is 12. The van der Waals surface area contributed by atoms with Crippen LogP contribution in [0.2, 0.25) is 0 Å². The van der Waals surface area contributed by atoms with Crippen molar-refractivity contribution in [1.82, 2.24) is 9.13 Å². The van der Waals surface area contributed by atoms with Crippen molar-refractivity contribution >= 4 is 90.2 Å². The van der Waals surface area contributed by atoms with Crippen molar-refractivity contribution in [2.75, 3.05) is 0 Å². The molecule has 9 aromatic rings. The van der Waals surface area contributed by atoms with E-state index in [4.69, 9.17) is 0 Å². The van der Waals surface area contributed by atoms with Crippen LogP contribution in [0.4, 0.5) is 0 Å². The molecule has 0 unspecified atom stereocenters. The van der Waals surface area contributed by atoms with Crippen molar-refractivity contribution < 1.29 is 0 Å². The third-order valence-corrected chi connectivity index (χ3v) is 12.5. The van der Waals surface area contributed by atoms with E-state index in [1.807, 2.05) is 23.5 Å². The third-order valence-electron chi connectivity index (χ3n) is 10.0. The summed E-state index contributed by atoms with van der Waals surface area (Å²) in [6.07, 6.45) is 0. The highest BCUT2D eigenvalue weighted by atomic mass is 32.2. The maximum Gasteiger partial charge on any atom is 0.247 e. The molecule has 5 heteroatoms. The molecule has 0 amide bonds. The van der Waals surface area contributed by atoms with Crippen molar-refractivity contribution in [3.63, 3.8) is 0 Å². The van der Waals surface area contributed by atoms with E-state index in [9.17, 15) is 0 Å². The van der Waals surface area contributed by atoms with Gasteiger partial charge in [0, 0.05) is 52.5 Å². The molecule has 0 fully saturated rings. The molecule has 2 nitrogen and oxygen atoms in total. The smallest absolute Gasteiger partial charge is 0.247 e. The number of para-hydroxylation sites is 4. The van der Waals surface area contributed by atoms with Gasteiger partial charge in [-0.25, -0.2) is 0 Å². The van der Waals surface area contributed by atoms with E-state index < -0.39 is 0 Å². The van der Waals surface area contributed by atoms with E-state index in [1.165, 1.54) is 91.0 Å². The van der Waals surface area contributed by atoms with Crippen LogP contribution in [0.25, 0.3) is 55.0 Å². The summed E-state index contributed by atoms with van der Waals surface area (Å²) in [5.41, 5.74) is 11.7. The lowest BCUT2D eigenvalue weighted by molar-refractivity contribution is 1.18. The molecule has 4 heterocycles. The molecule has 0 spiro atoms. The van der Waals surface area contributed by atoms with Gasteiger partial charge in [-0.2, -0.15) is 0 Å². The standard InChI is InChI=1S/C42H25BN2S2/c1-3-12-26(13-4-1)44-32-18-9-7-16-28(32)38-34(44)24-22-30-41(38)46-36-20-11-21-37-40(36)43(30)31-23-25-35-39(42(31)47-37)29-17-8-10-19-33(29)45(35)27-14-5-2-6-15-27/h1-25H. The van der Waals surface area contributed by atoms with Crippen molar-refractivity contribution in [3.05, 3.63) is 152 Å². The van der Waals surface area contributed by atoms with E-state index in [2.05, 4.69) is 161 Å². The quantitative estimate of drug-likeness (QED) is 0.176. The minimum absolute atomic E-state index is 0.167. The second-order valence-corrected chi connectivity index (χ2v) is 14.5. The Morgan fingerprint density at radius 1 is 0.383 bits per heavy atom. The van der Waals surface area contributed by atoms with Gasteiger partial charge in [0.05, 0.1) is 22.1 Å². The van der Waals surface area contributed by atoms with Crippen molar-refractivity contribution in [1.29, 1.82) is 0 Å². The zero-order chi connectivity index (χ0) is 30.6. The maximum atomic E-state index is 2.43. The lowest BCUT2D eigenvalue weighted by Gasteiger charge is -2.33. The molecule has 7 aromatic carbocycles. The first-order valence-electron chi connectivity index (χ1n) is 16.1. The van der Waals surface area contributed by atoms with Gasteiger partial charge in [0.2, 0.25) is 6.71 Å². The van der Waals surface area contributed by atoms with Gasteiger partial charge >= 0.3 is 0 Å². The number of hydrogen-bond donors (Lipinski definition) is 0. The predicted molar refractivity (Wildman–Crippen MR) is 201 cm³/mol. The average Bonchev–Trinajstić information content (AvgIpc) is 3.66. The minimum Gasteiger partial charge on any atom is -0.309 e. The fourth-order valence-electron chi connectivity index (χ4n) is 8.16. The lowest BCUT2D eigenvalue weighted by Crippen LogP contribution is -2.58. The molecule has 0 saturated carbocycles.